The Morgan fingerprint density at radius 1 is 1.30 bits per heavy atom. The fourth-order valence-electron chi connectivity index (χ4n) is 4.12. The number of carbonyl (C=O) groups excluding carboxylic acids is 1. The summed E-state index contributed by atoms with van der Waals surface area (Å²) in [6.07, 6.45) is -4.01. The summed E-state index contributed by atoms with van der Waals surface area (Å²) < 4.78 is 52.5. The fraction of sp³-hybridized carbons (Fsp3) is 0.478. The van der Waals surface area contributed by atoms with Crippen LogP contribution >= 0.6 is 0 Å². The Balaban J connectivity index is 1.96. The number of benzene rings is 1. The number of aliphatic hydroxyl groups is 2. The number of hydrogen-bond acceptors (Lipinski definition) is 6. The summed E-state index contributed by atoms with van der Waals surface area (Å²) in [5.74, 6) is -2.94. The molecule has 1 aromatic heterocycles. The van der Waals surface area contributed by atoms with Gasteiger partial charge in [-0.25, -0.2) is 13.2 Å². The first-order valence-corrected chi connectivity index (χ1v) is 10.4. The molecule has 0 unspecified atom stereocenters. The van der Waals surface area contributed by atoms with E-state index in [2.05, 4.69) is 10.3 Å². The minimum Gasteiger partial charge on any atom is -0.496 e. The van der Waals surface area contributed by atoms with Crippen molar-refractivity contribution in [2.24, 2.45) is 5.92 Å². The number of amides is 1. The number of aromatic nitrogens is 1. The van der Waals surface area contributed by atoms with E-state index in [4.69, 9.17) is 14.6 Å². The highest BCUT2D eigenvalue weighted by Gasteiger charge is 2.51. The van der Waals surface area contributed by atoms with Crippen molar-refractivity contribution in [1.29, 1.82) is 0 Å². The quantitative estimate of drug-likeness (QED) is 0.573. The van der Waals surface area contributed by atoms with E-state index in [-0.39, 0.29) is 22.9 Å². The molecular formula is C23H27F3N2O5. The highest BCUT2D eigenvalue weighted by Crippen LogP contribution is 2.50. The fourth-order valence-corrected chi connectivity index (χ4v) is 4.12. The van der Waals surface area contributed by atoms with Gasteiger partial charge in [0.1, 0.15) is 23.8 Å². The molecule has 3 N–H and O–H groups in total. The number of nitrogens with zero attached hydrogens (tertiary/aromatic N) is 1. The molecule has 2 heterocycles. The van der Waals surface area contributed by atoms with Crippen LogP contribution in [0.5, 0.6) is 5.75 Å². The monoisotopic (exact) mass is 468 g/mol. The van der Waals surface area contributed by atoms with Crippen LogP contribution in [0, 0.1) is 11.7 Å². The number of pyridine rings is 1. The van der Waals surface area contributed by atoms with Gasteiger partial charge < -0.3 is 25.0 Å². The van der Waals surface area contributed by atoms with Gasteiger partial charge in [-0.1, -0.05) is 13.0 Å². The Morgan fingerprint density at radius 3 is 2.55 bits per heavy atom. The Labute approximate surface area is 189 Å². The third-order valence-corrected chi connectivity index (χ3v) is 6.17. The molecule has 1 saturated heterocycles. The van der Waals surface area contributed by atoms with Crippen molar-refractivity contribution in [1.82, 2.24) is 4.98 Å². The van der Waals surface area contributed by atoms with Crippen molar-refractivity contribution in [3.8, 4) is 5.75 Å². The number of anilines is 1. The molecule has 0 radical (unpaired) electrons. The first-order valence-electron chi connectivity index (χ1n) is 10.4. The minimum atomic E-state index is -3.10. The van der Waals surface area contributed by atoms with Gasteiger partial charge in [0.05, 0.1) is 42.5 Å². The van der Waals surface area contributed by atoms with E-state index in [9.17, 15) is 23.1 Å². The maximum absolute atomic E-state index is 14.2. The predicted octanol–water partition coefficient (Wildman–Crippen LogP) is 3.73. The lowest BCUT2D eigenvalue weighted by atomic mass is 9.77. The standard InChI is InChI=1S/C23H27F3N2O5/c1-11-17(13-6-7-14(24)18(21(25)26)19(13)32-4)20(33-23(11,2)3)22(31)28-12-5-8-15(27-9-12)16(30)10-29/h5-9,11,16-17,20-21,29-30H,10H2,1-4H3,(H,28,31)/t11-,16+,17-,20+/m1/s1. The molecule has 1 aliphatic rings. The van der Waals surface area contributed by atoms with Crippen molar-refractivity contribution in [3.63, 3.8) is 0 Å². The zero-order chi connectivity index (χ0) is 24.5. The number of hydrogen-bond donors (Lipinski definition) is 3. The Hall–Kier alpha value is -2.69. The normalized spacial score (nSPS) is 22.9. The molecule has 1 aromatic carbocycles. The molecule has 2 aromatic rings. The average Bonchev–Trinajstić information content (AvgIpc) is 3.02. The Kier molecular flexibility index (Phi) is 7.30. The molecule has 1 amide bonds. The summed E-state index contributed by atoms with van der Waals surface area (Å²) in [7, 11) is 1.18. The van der Waals surface area contributed by atoms with E-state index in [0.29, 0.717) is 5.69 Å². The third kappa shape index (κ3) is 4.83. The van der Waals surface area contributed by atoms with E-state index in [0.717, 1.165) is 6.07 Å². The lowest BCUT2D eigenvalue weighted by Gasteiger charge is -2.26. The largest absolute Gasteiger partial charge is 0.496 e. The Morgan fingerprint density at radius 2 is 2.00 bits per heavy atom. The maximum Gasteiger partial charge on any atom is 0.270 e. The van der Waals surface area contributed by atoms with Crippen molar-refractivity contribution in [3.05, 3.63) is 53.1 Å². The van der Waals surface area contributed by atoms with Crippen LogP contribution < -0.4 is 10.1 Å². The molecule has 180 valence electrons. The van der Waals surface area contributed by atoms with Crippen molar-refractivity contribution < 1.29 is 37.7 Å². The molecule has 1 fully saturated rings. The summed E-state index contributed by atoms with van der Waals surface area (Å²) in [6.45, 7) is 4.90. The number of nitrogens with one attached hydrogen (secondary N) is 1. The number of halogens is 3. The first kappa shape index (κ1) is 24.9. The maximum atomic E-state index is 14.2. The SMILES string of the molecule is COc1c([C@@H]2[C@@H](C(=O)Nc3ccc([C@@H](O)CO)nc3)OC(C)(C)[C@@H]2C)ccc(F)c1C(F)F. The number of methoxy groups -OCH3 is 1. The second-order valence-corrected chi connectivity index (χ2v) is 8.50. The van der Waals surface area contributed by atoms with Crippen molar-refractivity contribution >= 4 is 11.6 Å². The van der Waals surface area contributed by atoms with Crippen LogP contribution in [0.2, 0.25) is 0 Å². The number of aliphatic hydroxyl groups excluding tert-OH is 2. The van der Waals surface area contributed by atoms with E-state index >= 15 is 0 Å². The molecule has 4 atom stereocenters. The minimum absolute atomic E-state index is 0.232. The zero-order valence-corrected chi connectivity index (χ0v) is 18.7. The lowest BCUT2D eigenvalue weighted by molar-refractivity contribution is -0.131. The van der Waals surface area contributed by atoms with Crippen molar-refractivity contribution in [2.75, 3.05) is 19.0 Å². The van der Waals surface area contributed by atoms with Gasteiger partial charge in [-0.3, -0.25) is 9.78 Å². The highest BCUT2D eigenvalue weighted by molar-refractivity contribution is 5.95. The predicted molar refractivity (Wildman–Crippen MR) is 114 cm³/mol. The van der Waals surface area contributed by atoms with E-state index in [1.165, 1.54) is 31.5 Å². The third-order valence-electron chi connectivity index (χ3n) is 6.17. The van der Waals surface area contributed by atoms with Gasteiger partial charge in [0.25, 0.3) is 12.3 Å². The van der Waals surface area contributed by atoms with Gasteiger partial charge in [-0.15, -0.1) is 0 Å². The summed E-state index contributed by atoms with van der Waals surface area (Å²) in [6, 6.07) is 5.25. The van der Waals surface area contributed by atoms with Crippen LogP contribution in [0.15, 0.2) is 30.5 Å². The number of alkyl halides is 2. The molecule has 1 aliphatic heterocycles. The second kappa shape index (κ2) is 9.66. The van der Waals surface area contributed by atoms with Crippen molar-refractivity contribution in [2.45, 2.75) is 50.9 Å². The molecule has 3 rings (SSSR count). The molecule has 0 spiro atoms. The van der Waals surface area contributed by atoms with Crippen LogP contribution in [0.1, 0.15) is 56.0 Å². The second-order valence-electron chi connectivity index (χ2n) is 8.50. The van der Waals surface area contributed by atoms with Crippen LogP contribution in [0.4, 0.5) is 18.9 Å². The van der Waals surface area contributed by atoms with Crippen LogP contribution in [-0.4, -0.2) is 46.5 Å². The Bertz CT molecular complexity index is 1000. The molecule has 33 heavy (non-hydrogen) atoms. The molecule has 0 bridgehead atoms. The van der Waals surface area contributed by atoms with Gasteiger partial charge in [0.15, 0.2) is 0 Å². The zero-order valence-electron chi connectivity index (χ0n) is 18.7. The molecule has 0 aliphatic carbocycles. The first-order chi connectivity index (χ1) is 15.5. The van der Waals surface area contributed by atoms with Gasteiger partial charge in [0.2, 0.25) is 0 Å². The number of ether oxygens (including phenoxy) is 2. The molecular weight excluding hydrogens is 441 g/mol. The van der Waals surface area contributed by atoms with Gasteiger partial charge >= 0.3 is 0 Å². The molecule has 7 nitrogen and oxygen atoms in total. The van der Waals surface area contributed by atoms with Gasteiger partial charge in [-0.2, -0.15) is 0 Å². The summed E-state index contributed by atoms with van der Waals surface area (Å²) in [4.78, 5) is 17.2. The van der Waals surface area contributed by atoms with E-state index < -0.39 is 54.0 Å². The van der Waals surface area contributed by atoms with Crippen LogP contribution in [0.25, 0.3) is 0 Å². The molecule has 10 heteroatoms. The van der Waals surface area contributed by atoms with Crippen LogP contribution in [-0.2, 0) is 9.53 Å². The summed E-state index contributed by atoms with van der Waals surface area (Å²) in [5.41, 5.74) is -0.839. The number of carbonyl (C=O) groups is 1. The van der Waals surface area contributed by atoms with Gasteiger partial charge in [0, 0.05) is 11.5 Å². The summed E-state index contributed by atoms with van der Waals surface area (Å²) in [5, 5.41) is 21.3. The highest BCUT2D eigenvalue weighted by atomic mass is 19.3. The smallest absolute Gasteiger partial charge is 0.270 e. The topological polar surface area (TPSA) is 101 Å². The summed E-state index contributed by atoms with van der Waals surface area (Å²) >= 11 is 0. The van der Waals surface area contributed by atoms with Crippen LogP contribution in [0.3, 0.4) is 0 Å². The number of rotatable bonds is 7. The van der Waals surface area contributed by atoms with Gasteiger partial charge in [-0.05, 0) is 38.0 Å². The molecule has 0 saturated carbocycles. The van der Waals surface area contributed by atoms with E-state index in [1.807, 2.05) is 6.92 Å². The lowest BCUT2D eigenvalue weighted by Crippen LogP contribution is -2.33. The average molecular weight is 468 g/mol. The van der Waals surface area contributed by atoms with E-state index in [1.54, 1.807) is 13.8 Å².